The molecule has 37 heavy (non-hydrogen) atoms. The number of imidazole rings is 1. The minimum Gasteiger partial charge on any atom is -0.494 e. The Labute approximate surface area is 217 Å². The molecule has 1 aliphatic rings. The summed E-state index contributed by atoms with van der Waals surface area (Å²) in [4.78, 5) is 19.7. The number of fused-ring (bicyclic) bond motifs is 1. The molecular weight excluding hydrogens is 466 g/mol. The highest BCUT2D eigenvalue weighted by molar-refractivity contribution is 5.96. The molecule has 0 radical (unpaired) electrons. The van der Waals surface area contributed by atoms with Crippen LogP contribution in [0.1, 0.15) is 36.2 Å². The van der Waals surface area contributed by atoms with E-state index in [1.807, 2.05) is 97.0 Å². The van der Waals surface area contributed by atoms with E-state index in [1.165, 1.54) is 0 Å². The van der Waals surface area contributed by atoms with Crippen LogP contribution < -0.4 is 14.4 Å². The number of ether oxygens (including phenoxy) is 2. The van der Waals surface area contributed by atoms with E-state index in [0.717, 1.165) is 45.2 Å². The number of rotatable bonds is 9. The monoisotopic (exact) mass is 499 g/mol. The van der Waals surface area contributed by atoms with Crippen LogP contribution in [0.25, 0.3) is 11.0 Å². The van der Waals surface area contributed by atoms with Crippen LogP contribution in [0.4, 0.5) is 5.69 Å². The van der Waals surface area contributed by atoms with Gasteiger partial charge in [-0.2, -0.15) is 0 Å². The molecule has 1 amide bonds. The number of para-hydroxylation sites is 2. The first-order valence-corrected chi connectivity index (χ1v) is 12.8. The van der Waals surface area contributed by atoms with Gasteiger partial charge in [-0.15, -0.1) is 0 Å². The normalized spacial score (nSPS) is 16.4. The maximum atomic E-state index is 13.0. The minimum absolute atomic E-state index is 0.0616. The number of aliphatic hydroxyl groups excluding tert-OH is 1. The third-order valence-corrected chi connectivity index (χ3v) is 6.80. The SMILES string of the molecule is CCOc1ccc(N2CC(c3nc4ccccc4n3CC(O)COc3cc(C)ccc3C)CC2=O)cc1. The maximum absolute atomic E-state index is 13.0. The van der Waals surface area contributed by atoms with Crippen molar-refractivity contribution in [2.45, 2.75) is 45.8 Å². The lowest BCUT2D eigenvalue weighted by Crippen LogP contribution is -2.26. The Morgan fingerprint density at radius 3 is 2.62 bits per heavy atom. The van der Waals surface area contributed by atoms with Crippen molar-refractivity contribution >= 4 is 22.6 Å². The molecule has 1 N–H and O–H groups in total. The third kappa shape index (κ3) is 5.32. The number of benzene rings is 3. The Bertz CT molecular complexity index is 1400. The molecule has 0 spiro atoms. The number of anilines is 1. The zero-order valence-electron chi connectivity index (χ0n) is 21.6. The summed E-state index contributed by atoms with van der Waals surface area (Å²) < 4.78 is 13.6. The summed E-state index contributed by atoms with van der Waals surface area (Å²) in [5.74, 6) is 2.36. The average molecular weight is 500 g/mol. The van der Waals surface area contributed by atoms with Crippen molar-refractivity contribution in [3.63, 3.8) is 0 Å². The van der Waals surface area contributed by atoms with E-state index in [4.69, 9.17) is 14.5 Å². The molecule has 7 heteroatoms. The second-order valence-electron chi connectivity index (χ2n) is 9.64. The van der Waals surface area contributed by atoms with Gasteiger partial charge in [0.15, 0.2) is 0 Å². The van der Waals surface area contributed by atoms with Crippen molar-refractivity contribution in [2.24, 2.45) is 0 Å². The molecule has 3 aromatic carbocycles. The maximum Gasteiger partial charge on any atom is 0.227 e. The standard InChI is InChI=1S/C30H33N3O4/c1-4-36-25-13-11-23(12-14-25)32-17-22(16-29(32)35)30-31-26-7-5-6-8-27(26)33(30)18-24(34)19-37-28-15-20(2)9-10-21(28)3/h5-15,22,24,34H,4,16-19H2,1-3H3. The van der Waals surface area contributed by atoms with Crippen molar-refractivity contribution in [3.05, 3.63) is 83.7 Å². The van der Waals surface area contributed by atoms with Gasteiger partial charge in [-0.3, -0.25) is 4.79 Å². The van der Waals surface area contributed by atoms with Crippen molar-refractivity contribution in [2.75, 3.05) is 24.7 Å². The smallest absolute Gasteiger partial charge is 0.227 e. The number of carbonyl (C=O) groups is 1. The Kier molecular flexibility index (Phi) is 7.15. The molecule has 0 bridgehead atoms. The topological polar surface area (TPSA) is 76.8 Å². The molecular formula is C30H33N3O4. The van der Waals surface area contributed by atoms with E-state index in [9.17, 15) is 9.90 Å². The summed E-state index contributed by atoms with van der Waals surface area (Å²) in [6.45, 7) is 7.59. The van der Waals surface area contributed by atoms with Crippen LogP contribution in [0.2, 0.25) is 0 Å². The van der Waals surface area contributed by atoms with Crippen LogP contribution in [-0.4, -0.2) is 46.4 Å². The third-order valence-electron chi connectivity index (χ3n) is 6.80. The second-order valence-corrected chi connectivity index (χ2v) is 9.64. The van der Waals surface area contributed by atoms with E-state index >= 15 is 0 Å². The molecule has 0 aliphatic carbocycles. The number of carbonyl (C=O) groups excluding carboxylic acids is 1. The van der Waals surface area contributed by atoms with Crippen LogP contribution in [0.5, 0.6) is 11.5 Å². The molecule has 1 saturated heterocycles. The molecule has 4 aromatic rings. The van der Waals surface area contributed by atoms with Crippen molar-refractivity contribution in [1.29, 1.82) is 0 Å². The van der Waals surface area contributed by atoms with Crippen molar-refractivity contribution < 1.29 is 19.4 Å². The number of amides is 1. The van der Waals surface area contributed by atoms with Gasteiger partial charge in [0, 0.05) is 24.6 Å². The first-order valence-electron chi connectivity index (χ1n) is 12.8. The second kappa shape index (κ2) is 10.6. The quantitative estimate of drug-likeness (QED) is 0.350. The summed E-state index contributed by atoms with van der Waals surface area (Å²) in [6.07, 6.45) is -0.374. The molecule has 1 aliphatic heterocycles. The molecule has 2 heterocycles. The summed E-state index contributed by atoms with van der Waals surface area (Å²) in [7, 11) is 0. The van der Waals surface area contributed by atoms with Gasteiger partial charge in [0.25, 0.3) is 0 Å². The molecule has 7 nitrogen and oxygen atoms in total. The largest absolute Gasteiger partial charge is 0.494 e. The van der Waals surface area contributed by atoms with Gasteiger partial charge in [-0.05, 0) is 74.4 Å². The van der Waals surface area contributed by atoms with Gasteiger partial charge in [0.05, 0.1) is 24.2 Å². The van der Waals surface area contributed by atoms with E-state index in [2.05, 4.69) is 0 Å². The predicted octanol–water partition coefficient (Wildman–Crippen LogP) is 5.01. The summed E-state index contributed by atoms with van der Waals surface area (Å²) in [5.41, 5.74) is 4.79. The predicted molar refractivity (Wildman–Crippen MR) is 144 cm³/mol. The van der Waals surface area contributed by atoms with Crippen LogP contribution in [0, 0.1) is 13.8 Å². The number of aromatic nitrogens is 2. The van der Waals surface area contributed by atoms with Gasteiger partial charge < -0.3 is 24.0 Å². The Morgan fingerprint density at radius 2 is 1.84 bits per heavy atom. The van der Waals surface area contributed by atoms with E-state index in [-0.39, 0.29) is 18.4 Å². The highest BCUT2D eigenvalue weighted by Crippen LogP contribution is 2.34. The Morgan fingerprint density at radius 1 is 1.05 bits per heavy atom. The highest BCUT2D eigenvalue weighted by atomic mass is 16.5. The average Bonchev–Trinajstić information content (AvgIpc) is 3.46. The van der Waals surface area contributed by atoms with E-state index in [1.54, 1.807) is 0 Å². The Balaban J connectivity index is 1.36. The van der Waals surface area contributed by atoms with Gasteiger partial charge in [0.1, 0.15) is 30.0 Å². The number of hydrogen-bond donors (Lipinski definition) is 1. The van der Waals surface area contributed by atoms with E-state index in [0.29, 0.717) is 26.1 Å². The zero-order chi connectivity index (χ0) is 25.9. The molecule has 2 unspecified atom stereocenters. The van der Waals surface area contributed by atoms with Gasteiger partial charge in [-0.1, -0.05) is 24.3 Å². The zero-order valence-corrected chi connectivity index (χ0v) is 21.6. The summed E-state index contributed by atoms with van der Waals surface area (Å²) in [6, 6.07) is 21.6. The number of aryl methyl sites for hydroxylation is 2. The van der Waals surface area contributed by atoms with Gasteiger partial charge in [-0.25, -0.2) is 4.98 Å². The molecule has 5 rings (SSSR count). The first-order chi connectivity index (χ1) is 17.9. The number of hydrogen-bond acceptors (Lipinski definition) is 5. The minimum atomic E-state index is -0.740. The molecule has 1 fully saturated rings. The lowest BCUT2D eigenvalue weighted by atomic mass is 10.1. The molecule has 2 atom stereocenters. The van der Waals surface area contributed by atoms with Crippen molar-refractivity contribution in [3.8, 4) is 11.5 Å². The van der Waals surface area contributed by atoms with Crippen LogP contribution in [-0.2, 0) is 11.3 Å². The van der Waals surface area contributed by atoms with Gasteiger partial charge in [0.2, 0.25) is 5.91 Å². The molecule has 0 saturated carbocycles. The highest BCUT2D eigenvalue weighted by Gasteiger charge is 2.35. The van der Waals surface area contributed by atoms with Crippen LogP contribution in [0.3, 0.4) is 0 Å². The number of aliphatic hydroxyl groups is 1. The van der Waals surface area contributed by atoms with E-state index < -0.39 is 6.10 Å². The van der Waals surface area contributed by atoms with Gasteiger partial charge >= 0.3 is 0 Å². The molecule has 192 valence electrons. The van der Waals surface area contributed by atoms with Crippen LogP contribution in [0.15, 0.2) is 66.7 Å². The fraction of sp³-hybridized carbons (Fsp3) is 0.333. The van der Waals surface area contributed by atoms with Crippen molar-refractivity contribution in [1.82, 2.24) is 9.55 Å². The lowest BCUT2D eigenvalue weighted by molar-refractivity contribution is -0.117. The fourth-order valence-corrected chi connectivity index (χ4v) is 4.93. The Hall–Kier alpha value is -3.84. The summed E-state index contributed by atoms with van der Waals surface area (Å²) in [5, 5.41) is 11.0. The van der Waals surface area contributed by atoms with Crippen LogP contribution >= 0.6 is 0 Å². The first kappa shape index (κ1) is 24.8. The lowest BCUT2D eigenvalue weighted by Gasteiger charge is -2.19. The summed E-state index contributed by atoms with van der Waals surface area (Å²) >= 11 is 0. The fourth-order valence-electron chi connectivity index (χ4n) is 4.93. The number of nitrogens with zero attached hydrogens (tertiary/aromatic N) is 3. The molecule has 1 aromatic heterocycles.